The average Bonchev–Trinajstić information content (AvgIpc) is 2.75. The summed E-state index contributed by atoms with van der Waals surface area (Å²) < 4.78 is 2.24. The number of fused-ring (bicyclic) bond motifs is 3. The van der Waals surface area contributed by atoms with Crippen LogP contribution >= 0.6 is 34.8 Å². The fourth-order valence-electron chi connectivity index (χ4n) is 4.23. The minimum Gasteiger partial charge on any atom is -0.384 e. The van der Waals surface area contributed by atoms with Crippen molar-refractivity contribution in [1.82, 2.24) is 9.47 Å². The lowest BCUT2D eigenvalue weighted by Gasteiger charge is -2.27. The maximum absolute atomic E-state index is 11.4. The molecule has 1 N–H and O–H groups in total. The van der Waals surface area contributed by atoms with E-state index in [-0.39, 0.29) is 0 Å². The molecular weight excluding hydrogens is 415 g/mol. The molecule has 0 aliphatic carbocycles. The third-order valence-corrected chi connectivity index (χ3v) is 6.48. The van der Waals surface area contributed by atoms with Gasteiger partial charge in [-0.1, -0.05) is 40.9 Å². The summed E-state index contributed by atoms with van der Waals surface area (Å²) in [6.07, 6.45) is 1.90. The second kappa shape index (κ2) is 7.55. The summed E-state index contributed by atoms with van der Waals surface area (Å²) in [5.41, 5.74) is 3.24. The quantitative estimate of drug-likeness (QED) is 0.583. The standard InChI is InChI=1S/C22H23Cl3N2O/c1-22(28,18-5-3-15(24)12-19(18)25)13-27-20-6-4-14(23)11-17(20)16-7-9-26(2)10-8-21(16)27/h3-6,11-12,28H,7-10,13H2,1-2H3. The Morgan fingerprint density at radius 1 is 1.00 bits per heavy atom. The second-order valence-electron chi connectivity index (χ2n) is 7.87. The van der Waals surface area contributed by atoms with Gasteiger partial charge in [0.15, 0.2) is 0 Å². The molecule has 1 aliphatic rings. The molecule has 0 saturated heterocycles. The number of nitrogens with zero attached hydrogens (tertiary/aromatic N) is 2. The lowest BCUT2D eigenvalue weighted by Crippen LogP contribution is -2.29. The first-order valence-electron chi connectivity index (χ1n) is 9.42. The van der Waals surface area contributed by atoms with E-state index < -0.39 is 5.60 Å². The zero-order valence-electron chi connectivity index (χ0n) is 16.0. The predicted octanol–water partition coefficient (Wildman–Crippen LogP) is 5.54. The molecule has 0 spiro atoms. The van der Waals surface area contributed by atoms with Crippen molar-refractivity contribution in [3.05, 3.63) is 68.3 Å². The molecule has 2 heterocycles. The third kappa shape index (κ3) is 3.67. The summed E-state index contributed by atoms with van der Waals surface area (Å²) in [5.74, 6) is 0. The van der Waals surface area contributed by atoms with Gasteiger partial charge in [-0.15, -0.1) is 0 Å². The molecule has 0 bridgehead atoms. The van der Waals surface area contributed by atoms with E-state index in [0.717, 1.165) is 36.5 Å². The van der Waals surface area contributed by atoms with Crippen LogP contribution in [0, 0.1) is 0 Å². The Morgan fingerprint density at radius 3 is 2.43 bits per heavy atom. The molecule has 0 saturated carbocycles. The normalized spacial score (nSPS) is 17.4. The van der Waals surface area contributed by atoms with Gasteiger partial charge < -0.3 is 14.6 Å². The highest BCUT2D eigenvalue weighted by Gasteiger charge is 2.30. The van der Waals surface area contributed by atoms with E-state index in [0.29, 0.717) is 22.2 Å². The molecule has 28 heavy (non-hydrogen) atoms. The van der Waals surface area contributed by atoms with Crippen molar-refractivity contribution in [1.29, 1.82) is 0 Å². The fourth-order valence-corrected chi connectivity index (χ4v) is 5.01. The summed E-state index contributed by atoms with van der Waals surface area (Å²) in [6.45, 7) is 4.21. The van der Waals surface area contributed by atoms with Gasteiger partial charge in [0.2, 0.25) is 0 Å². The zero-order chi connectivity index (χ0) is 20.1. The molecule has 3 aromatic rings. The highest BCUT2D eigenvalue weighted by atomic mass is 35.5. The largest absolute Gasteiger partial charge is 0.384 e. The summed E-state index contributed by atoms with van der Waals surface area (Å²) in [4.78, 5) is 2.34. The molecule has 3 nitrogen and oxygen atoms in total. The Labute approximate surface area is 180 Å². The molecular formula is C22H23Cl3N2O. The van der Waals surface area contributed by atoms with Gasteiger partial charge in [0.25, 0.3) is 0 Å². The summed E-state index contributed by atoms with van der Waals surface area (Å²) in [6, 6.07) is 11.3. The van der Waals surface area contributed by atoms with E-state index in [1.54, 1.807) is 25.1 Å². The van der Waals surface area contributed by atoms with E-state index in [1.807, 2.05) is 12.1 Å². The molecule has 4 rings (SSSR count). The predicted molar refractivity (Wildman–Crippen MR) is 118 cm³/mol. The zero-order valence-corrected chi connectivity index (χ0v) is 18.2. The molecule has 6 heteroatoms. The first-order valence-corrected chi connectivity index (χ1v) is 10.6. The Morgan fingerprint density at radius 2 is 1.68 bits per heavy atom. The molecule has 1 unspecified atom stereocenters. The van der Waals surface area contributed by atoms with Gasteiger partial charge in [0.1, 0.15) is 5.60 Å². The smallest absolute Gasteiger partial charge is 0.106 e. The van der Waals surface area contributed by atoms with Gasteiger partial charge in [-0.3, -0.25) is 0 Å². The Kier molecular flexibility index (Phi) is 5.41. The van der Waals surface area contributed by atoms with Crippen LogP contribution in [0.2, 0.25) is 15.1 Å². The number of aliphatic hydroxyl groups is 1. The topological polar surface area (TPSA) is 28.4 Å². The SMILES string of the molecule is CN1CCc2c(n(CC(C)(O)c3ccc(Cl)cc3Cl)c3ccc(Cl)cc23)CC1. The molecule has 0 amide bonds. The Hall–Kier alpha value is -1.23. The molecule has 2 aromatic carbocycles. The fraction of sp³-hybridized carbons (Fsp3) is 0.364. The first kappa shape index (κ1) is 20.1. The van der Waals surface area contributed by atoms with Crippen molar-refractivity contribution >= 4 is 45.7 Å². The van der Waals surface area contributed by atoms with E-state index >= 15 is 0 Å². The van der Waals surface area contributed by atoms with Gasteiger partial charge in [0, 0.05) is 56.7 Å². The van der Waals surface area contributed by atoms with Crippen LogP contribution in [0.25, 0.3) is 10.9 Å². The van der Waals surface area contributed by atoms with E-state index in [2.05, 4.69) is 22.6 Å². The van der Waals surface area contributed by atoms with Crippen molar-refractivity contribution < 1.29 is 5.11 Å². The van der Waals surface area contributed by atoms with Crippen LogP contribution in [-0.4, -0.2) is 34.7 Å². The minimum absolute atomic E-state index is 0.408. The van der Waals surface area contributed by atoms with Crippen molar-refractivity contribution in [2.75, 3.05) is 20.1 Å². The van der Waals surface area contributed by atoms with Crippen LogP contribution < -0.4 is 0 Å². The van der Waals surface area contributed by atoms with Crippen LogP contribution in [0.3, 0.4) is 0 Å². The van der Waals surface area contributed by atoms with Gasteiger partial charge >= 0.3 is 0 Å². The number of halogens is 3. The molecule has 148 valence electrons. The van der Waals surface area contributed by atoms with Crippen LogP contribution in [0.1, 0.15) is 23.7 Å². The van der Waals surface area contributed by atoms with Crippen molar-refractivity contribution in [2.45, 2.75) is 31.9 Å². The molecule has 1 aromatic heterocycles. The highest BCUT2D eigenvalue weighted by Crippen LogP contribution is 2.36. The van der Waals surface area contributed by atoms with Gasteiger partial charge in [-0.05, 0) is 56.3 Å². The van der Waals surface area contributed by atoms with Crippen LogP contribution in [0.5, 0.6) is 0 Å². The summed E-state index contributed by atoms with van der Waals surface area (Å²) >= 11 is 18.8. The number of likely N-dealkylation sites (N-methyl/N-ethyl adjacent to an activating group) is 1. The lowest BCUT2D eigenvalue weighted by atomic mass is 9.95. The average molecular weight is 438 g/mol. The Bertz CT molecular complexity index is 1040. The maximum Gasteiger partial charge on any atom is 0.106 e. The van der Waals surface area contributed by atoms with Gasteiger partial charge in [-0.25, -0.2) is 0 Å². The molecule has 1 aliphatic heterocycles. The van der Waals surface area contributed by atoms with Crippen molar-refractivity contribution in [3.63, 3.8) is 0 Å². The molecule has 0 fully saturated rings. The van der Waals surface area contributed by atoms with Crippen molar-refractivity contribution in [3.8, 4) is 0 Å². The van der Waals surface area contributed by atoms with E-state index in [4.69, 9.17) is 34.8 Å². The third-order valence-electron chi connectivity index (χ3n) is 5.70. The van der Waals surface area contributed by atoms with E-state index in [9.17, 15) is 5.11 Å². The summed E-state index contributed by atoms with van der Waals surface area (Å²) in [5, 5.41) is 14.3. The number of hydrogen-bond acceptors (Lipinski definition) is 2. The molecule has 0 radical (unpaired) electrons. The lowest BCUT2D eigenvalue weighted by molar-refractivity contribution is 0.0389. The second-order valence-corrected chi connectivity index (χ2v) is 9.15. The first-order chi connectivity index (χ1) is 13.3. The Balaban J connectivity index is 1.84. The minimum atomic E-state index is -1.14. The molecule has 1 atom stereocenters. The summed E-state index contributed by atoms with van der Waals surface area (Å²) in [7, 11) is 2.15. The monoisotopic (exact) mass is 436 g/mol. The number of aromatic nitrogens is 1. The van der Waals surface area contributed by atoms with E-state index in [1.165, 1.54) is 16.6 Å². The van der Waals surface area contributed by atoms with Crippen molar-refractivity contribution in [2.24, 2.45) is 0 Å². The van der Waals surface area contributed by atoms with Gasteiger partial charge in [-0.2, -0.15) is 0 Å². The van der Waals surface area contributed by atoms with Crippen LogP contribution in [0.4, 0.5) is 0 Å². The van der Waals surface area contributed by atoms with Crippen LogP contribution in [-0.2, 0) is 25.0 Å². The van der Waals surface area contributed by atoms with Gasteiger partial charge in [0.05, 0.1) is 6.54 Å². The maximum atomic E-state index is 11.4. The number of benzene rings is 2. The van der Waals surface area contributed by atoms with Crippen LogP contribution in [0.15, 0.2) is 36.4 Å². The number of rotatable bonds is 3. The highest BCUT2D eigenvalue weighted by molar-refractivity contribution is 6.35. The number of hydrogen-bond donors (Lipinski definition) is 1.